The lowest BCUT2D eigenvalue weighted by molar-refractivity contribution is 0.0952. The summed E-state index contributed by atoms with van der Waals surface area (Å²) in [7, 11) is 1.94. The summed E-state index contributed by atoms with van der Waals surface area (Å²) in [4.78, 5) is 29.5. The minimum atomic E-state index is -0.0704. The highest BCUT2D eigenvalue weighted by Gasteiger charge is 2.25. The fourth-order valence-corrected chi connectivity index (χ4v) is 5.89. The summed E-state index contributed by atoms with van der Waals surface area (Å²) < 4.78 is 3.81. The lowest BCUT2D eigenvalue weighted by atomic mass is 10.1. The van der Waals surface area contributed by atoms with Gasteiger partial charge in [-0.05, 0) is 57.8 Å². The topological polar surface area (TPSA) is 59.3 Å². The summed E-state index contributed by atoms with van der Waals surface area (Å²) in [5.41, 5.74) is 2.28. The quantitative estimate of drug-likeness (QED) is 0.561. The van der Waals surface area contributed by atoms with Crippen LogP contribution >= 0.6 is 0 Å². The number of nitrogens with one attached hydrogen (secondary N) is 1. The molecule has 1 amide bonds. The Kier molecular flexibility index (Phi) is 6.54. The number of likely N-dealkylation sites (tertiary alicyclic amines) is 1. The highest BCUT2D eigenvalue weighted by molar-refractivity contribution is 6.17. The first-order valence-corrected chi connectivity index (χ1v) is 12.8. The van der Waals surface area contributed by atoms with Crippen LogP contribution in [0.2, 0.25) is 0 Å². The zero-order chi connectivity index (χ0) is 22.8. The van der Waals surface area contributed by atoms with Crippen LogP contribution in [0.4, 0.5) is 0 Å². The minimum absolute atomic E-state index is 0.0216. The number of carbonyl (C=O) groups excluding carboxylic acids is 1. The van der Waals surface area contributed by atoms with Gasteiger partial charge in [-0.15, -0.1) is 0 Å². The van der Waals surface area contributed by atoms with Gasteiger partial charge in [-0.3, -0.25) is 9.59 Å². The van der Waals surface area contributed by atoms with Crippen LogP contribution in [-0.2, 0) is 7.05 Å². The predicted molar refractivity (Wildman–Crippen MR) is 134 cm³/mol. The van der Waals surface area contributed by atoms with Crippen molar-refractivity contribution in [1.82, 2.24) is 19.4 Å². The molecule has 6 nitrogen and oxygen atoms in total. The van der Waals surface area contributed by atoms with E-state index in [0.717, 1.165) is 54.9 Å². The number of pyridine rings is 1. The Labute approximate surface area is 195 Å². The third-order valence-corrected chi connectivity index (χ3v) is 7.68. The average Bonchev–Trinajstić information content (AvgIpc) is 3.37. The average molecular weight is 449 g/mol. The Morgan fingerprint density at radius 3 is 2.52 bits per heavy atom. The normalized spacial score (nSPS) is 18.2. The molecule has 5 rings (SSSR count). The molecule has 1 saturated heterocycles. The molecular weight excluding hydrogens is 412 g/mol. The van der Waals surface area contributed by atoms with Crippen LogP contribution in [0.25, 0.3) is 21.8 Å². The van der Waals surface area contributed by atoms with Gasteiger partial charge in [0, 0.05) is 42.1 Å². The fraction of sp³-hybridized carbons (Fsp3) is 0.556. The standard InChI is InChI=1S/C27H36N4O2/c1-29-23-14-7-6-13-21(23)24-22(19-31(27(33)25(24)29)20-11-4-5-12-20)26(32)28-15-10-18-30-16-8-2-3-9-17-30/h6-7,13-14,19-20H,2-5,8-12,15-18H2,1H3,(H,28,32). The second-order valence-corrected chi connectivity index (χ2v) is 9.86. The molecule has 6 heteroatoms. The van der Waals surface area contributed by atoms with E-state index < -0.39 is 0 Å². The van der Waals surface area contributed by atoms with E-state index >= 15 is 0 Å². The second kappa shape index (κ2) is 9.72. The van der Waals surface area contributed by atoms with Crippen molar-refractivity contribution in [2.75, 3.05) is 26.2 Å². The van der Waals surface area contributed by atoms with Gasteiger partial charge in [0.1, 0.15) is 5.52 Å². The molecule has 2 fully saturated rings. The summed E-state index contributed by atoms with van der Waals surface area (Å²) in [6.07, 6.45) is 12.3. The maximum Gasteiger partial charge on any atom is 0.275 e. The van der Waals surface area contributed by atoms with Crippen molar-refractivity contribution >= 4 is 27.7 Å². The van der Waals surface area contributed by atoms with E-state index in [2.05, 4.69) is 10.2 Å². The molecule has 0 unspecified atom stereocenters. The smallest absolute Gasteiger partial charge is 0.275 e. The molecule has 1 aromatic carbocycles. The van der Waals surface area contributed by atoms with Gasteiger partial charge in [-0.2, -0.15) is 0 Å². The number of rotatable bonds is 6. The third-order valence-electron chi connectivity index (χ3n) is 7.68. The zero-order valence-electron chi connectivity index (χ0n) is 19.8. The van der Waals surface area contributed by atoms with Crippen molar-refractivity contribution in [3.8, 4) is 0 Å². The summed E-state index contributed by atoms with van der Waals surface area (Å²) in [5.74, 6) is -0.0704. The SMILES string of the molecule is Cn1c2ccccc2c2c(C(=O)NCCCN3CCCCCC3)cn(C3CCCC3)c(=O)c21. The fourth-order valence-electron chi connectivity index (χ4n) is 5.89. The van der Waals surface area contributed by atoms with Crippen molar-refractivity contribution in [1.29, 1.82) is 0 Å². The van der Waals surface area contributed by atoms with Gasteiger partial charge in [0.15, 0.2) is 0 Å². The summed E-state index contributed by atoms with van der Waals surface area (Å²) in [6.45, 7) is 4.05. The summed E-state index contributed by atoms with van der Waals surface area (Å²) in [6, 6.07) is 8.20. The van der Waals surface area contributed by atoms with Gasteiger partial charge in [0.05, 0.1) is 5.56 Å². The van der Waals surface area contributed by atoms with Gasteiger partial charge in [0.25, 0.3) is 11.5 Å². The molecule has 3 aromatic rings. The van der Waals surface area contributed by atoms with E-state index in [1.54, 1.807) is 0 Å². The molecule has 0 atom stereocenters. The van der Waals surface area contributed by atoms with Gasteiger partial charge in [-0.1, -0.05) is 43.9 Å². The monoisotopic (exact) mass is 448 g/mol. The number of aromatic nitrogens is 2. The Hall–Kier alpha value is -2.60. The van der Waals surface area contributed by atoms with Gasteiger partial charge >= 0.3 is 0 Å². The van der Waals surface area contributed by atoms with Gasteiger partial charge in [0.2, 0.25) is 0 Å². The molecule has 0 bridgehead atoms. The van der Waals surface area contributed by atoms with Crippen LogP contribution in [-0.4, -0.2) is 46.1 Å². The minimum Gasteiger partial charge on any atom is -0.352 e. The van der Waals surface area contributed by atoms with Crippen LogP contribution in [0.15, 0.2) is 35.3 Å². The Morgan fingerprint density at radius 2 is 1.76 bits per heavy atom. The molecular formula is C27H36N4O2. The predicted octanol–water partition coefficient (Wildman–Crippen LogP) is 4.60. The van der Waals surface area contributed by atoms with Crippen LogP contribution in [0.5, 0.6) is 0 Å². The van der Waals surface area contributed by atoms with Crippen LogP contribution in [0, 0.1) is 0 Å². The molecule has 2 aliphatic rings. The molecule has 0 radical (unpaired) electrons. The van der Waals surface area contributed by atoms with Crippen molar-refractivity contribution in [2.45, 2.75) is 63.8 Å². The Balaban J connectivity index is 1.44. The summed E-state index contributed by atoms with van der Waals surface area (Å²) in [5, 5.41) is 4.93. The van der Waals surface area contributed by atoms with Crippen LogP contribution in [0.3, 0.4) is 0 Å². The van der Waals surface area contributed by atoms with Crippen molar-refractivity contribution in [3.05, 3.63) is 46.4 Å². The Bertz CT molecular complexity index is 1190. The number of hydrogen-bond donors (Lipinski definition) is 1. The first-order chi connectivity index (χ1) is 16.1. The van der Waals surface area contributed by atoms with E-state index in [4.69, 9.17) is 0 Å². The molecule has 1 N–H and O–H groups in total. The van der Waals surface area contributed by atoms with Crippen LogP contribution in [0.1, 0.15) is 74.2 Å². The molecule has 1 aliphatic heterocycles. The van der Waals surface area contributed by atoms with Crippen LogP contribution < -0.4 is 10.9 Å². The summed E-state index contributed by atoms with van der Waals surface area (Å²) >= 11 is 0. The van der Waals surface area contributed by atoms with E-state index in [9.17, 15) is 9.59 Å². The molecule has 176 valence electrons. The second-order valence-electron chi connectivity index (χ2n) is 9.86. The number of fused-ring (bicyclic) bond motifs is 3. The maximum atomic E-state index is 13.5. The zero-order valence-corrected chi connectivity index (χ0v) is 19.8. The van der Waals surface area contributed by atoms with E-state index in [-0.39, 0.29) is 17.5 Å². The lowest BCUT2D eigenvalue weighted by Gasteiger charge is -2.20. The van der Waals surface area contributed by atoms with Gasteiger partial charge in [-0.25, -0.2) is 0 Å². The van der Waals surface area contributed by atoms with Crippen molar-refractivity contribution < 1.29 is 4.79 Å². The first-order valence-electron chi connectivity index (χ1n) is 12.8. The number of hydrogen-bond acceptors (Lipinski definition) is 3. The molecule has 1 saturated carbocycles. The first kappa shape index (κ1) is 22.2. The largest absolute Gasteiger partial charge is 0.352 e. The van der Waals surface area contributed by atoms with Crippen molar-refractivity contribution in [3.63, 3.8) is 0 Å². The molecule has 3 heterocycles. The third kappa shape index (κ3) is 4.33. The van der Waals surface area contributed by atoms with E-state index in [1.165, 1.54) is 38.8 Å². The maximum absolute atomic E-state index is 13.5. The number of nitrogens with zero attached hydrogens (tertiary/aromatic N) is 3. The highest BCUT2D eigenvalue weighted by Crippen LogP contribution is 2.33. The number of aryl methyl sites for hydroxylation is 1. The molecule has 0 spiro atoms. The number of carbonyl (C=O) groups is 1. The molecule has 1 aliphatic carbocycles. The molecule has 2 aromatic heterocycles. The number of benzene rings is 1. The van der Waals surface area contributed by atoms with E-state index in [0.29, 0.717) is 17.6 Å². The lowest BCUT2D eigenvalue weighted by Crippen LogP contribution is -2.32. The molecule has 33 heavy (non-hydrogen) atoms. The van der Waals surface area contributed by atoms with E-state index in [1.807, 2.05) is 46.6 Å². The highest BCUT2D eigenvalue weighted by atomic mass is 16.2. The van der Waals surface area contributed by atoms with Gasteiger partial charge < -0.3 is 19.4 Å². The number of para-hydroxylation sites is 1. The number of amides is 1. The Morgan fingerprint density at radius 1 is 1.03 bits per heavy atom. The van der Waals surface area contributed by atoms with Crippen molar-refractivity contribution in [2.24, 2.45) is 7.05 Å².